The van der Waals surface area contributed by atoms with Crippen LogP contribution in [0, 0.1) is 0 Å². The maximum absolute atomic E-state index is 9.15. The van der Waals surface area contributed by atoms with Gasteiger partial charge in [0, 0.05) is 4.88 Å². The molecular weight excluding hydrogens is 194 g/mol. The van der Waals surface area contributed by atoms with Gasteiger partial charge in [0.25, 0.3) is 0 Å². The van der Waals surface area contributed by atoms with Crippen molar-refractivity contribution >= 4 is 22.9 Å². The second kappa shape index (κ2) is 2.70. The van der Waals surface area contributed by atoms with Gasteiger partial charge in [0.05, 0.1) is 16.7 Å². The molecule has 0 radical (unpaired) electrons. The Morgan fingerprint density at radius 2 is 2.33 bits per heavy atom. The molecule has 0 amide bonds. The molecule has 3 N–H and O–H groups in total. The lowest BCUT2D eigenvalue weighted by molar-refractivity contribution is 0.0228. The van der Waals surface area contributed by atoms with Crippen LogP contribution in [-0.4, -0.2) is 11.2 Å². The summed E-state index contributed by atoms with van der Waals surface area (Å²) in [6.07, 6.45) is 1.02. The molecule has 0 unspecified atom stereocenters. The monoisotopic (exact) mass is 203 g/mol. The lowest BCUT2D eigenvalue weighted by Gasteiger charge is -2.41. The number of halogens is 1. The second-order valence-corrected chi connectivity index (χ2v) is 4.64. The second-order valence-electron chi connectivity index (χ2n) is 3.32. The lowest BCUT2D eigenvalue weighted by atomic mass is 9.74. The van der Waals surface area contributed by atoms with Crippen molar-refractivity contribution < 1.29 is 5.11 Å². The average molecular weight is 204 g/mol. The predicted octanol–water partition coefficient (Wildman–Crippen LogP) is 1.71. The van der Waals surface area contributed by atoms with E-state index in [0.717, 1.165) is 9.90 Å². The molecule has 12 heavy (non-hydrogen) atoms. The van der Waals surface area contributed by atoms with Crippen LogP contribution in [0.15, 0.2) is 11.4 Å². The maximum Gasteiger partial charge on any atom is 0.0582 e. The van der Waals surface area contributed by atoms with E-state index in [-0.39, 0.29) is 11.6 Å². The van der Waals surface area contributed by atoms with E-state index < -0.39 is 0 Å². The molecule has 0 aromatic carbocycles. The zero-order chi connectivity index (χ0) is 8.77. The summed E-state index contributed by atoms with van der Waals surface area (Å²) < 4.78 is 0. The zero-order valence-corrected chi connectivity index (χ0v) is 8.03. The van der Waals surface area contributed by atoms with Gasteiger partial charge in [-0.1, -0.05) is 11.6 Å². The van der Waals surface area contributed by atoms with E-state index in [2.05, 4.69) is 0 Å². The summed E-state index contributed by atoms with van der Waals surface area (Å²) in [7, 11) is 0. The Bertz CT molecular complexity index is 293. The third-order valence-electron chi connectivity index (χ3n) is 2.27. The largest absolute Gasteiger partial charge is 0.393 e. The Morgan fingerprint density at radius 3 is 2.75 bits per heavy atom. The molecule has 0 spiro atoms. The molecule has 1 saturated carbocycles. The van der Waals surface area contributed by atoms with Gasteiger partial charge in [-0.25, -0.2) is 0 Å². The fourth-order valence-electron chi connectivity index (χ4n) is 1.62. The molecule has 4 heteroatoms. The number of aliphatic hydroxyl groups is 1. The minimum atomic E-state index is -0.356. The number of rotatable bonds is 1. The first-order valence-electron chi connectivity index (χ1n) is 3.82. The molecule has 2 rings (SSSR count). The molecule has 1 aromatic heterocycles. The Kier molecular flexibility index (Phi) is 1.92. The van der Waals surface area contributed by atoms with Crippen molar-refractivity contribution in [2.45, 2.75) is 24.5 Å². The Morgan fingerprint density at radius 1 is 1.67 bits per heavy atom. The van der Waals surface area contributed by atoms with Gasteiger partial charge in [0.2, 0.25) is 0 Å². The molecule has 0 bridgehead atoms. The minimum Gasteiger partial charge on any atom is -0.393 e. The number of nitrogens with two attached hydrogens (primary N) is 1. The molecule has 1 aliphatic rings. The molecule has 66 valence electrons. The van der Waals surface area contributed by atoms with Crippen molar-refractivity contribution in [1.29, 1.82) is 0 Å². The number of hydrogen-bond acceptors (Lipinski definition) is 3. The smallest absolute Gasteiger partial charge is 0.0582 e. The first-order valence-corrected chi connectivity index (χ1v) is 5.08. The highest BCUT2D eigenvalue weighted by molar-refractivity contribution is 7.10. The van der Waals surface area contributed by atoms with E-state index in [0.29, 0.717) is 12.8 Å². The Labute approximate surface area is 80.0 Å². The van der Waals surface area contributed by atoms with Crippen LogP contribution in [0.5, 0.6) is 0 Å². The fraction of sp³-hybridized carbons (Fsp3) is 0.500. The molecule has 1 aromatic rings. The minimum absolute atomic E-state index is 0.242. The maximum atomic E-state index is 9.15. The Hall–Kier alpha value is -0.0900. The van der Waals surface area contributed by atoms with Crippen molar-refractivity contribution in [2.24, 2.45) is 5.73 Å². The number of thiophene rings is 1. The van der Waals surface area contributed by atoms with Crippen molar-refractivity contribution in [1.82, 2.24) is 0 Å². The van der Waals surface area contributed by atoms with E-state index in [1.165, 1.54) is 0 Å². The highest BCUT2D eigenvalue weighted by atomic mass is 35.5. The number of hydrogen-bond donors (Lipinski definition) is 2. The van der Waals surface area contributed by atoms with Crippen molar-refractivity contribution in [3.63, 3.8) is 0 Å². The standard InChI is InChI=1S/C8H10ClNOS/c9-6-1-2-12-7(6)8(10)3-5(11)4-8/h1-2,5,11H,3-4,10H2. The molecule has 0 aliphatic heterocycles. The molecule has 1 heterocycles. The third-order valence-corrected chi connectivity index (χ3v) is 3.83. The van der Waals surface area contributed by atoms with Crippen LogP contribution in [0.3, 0.4) is 0 Å². The average Bonchev–Trinajstić information content (AvgIpc) is 2.32. The van der Waals surface area contributed by atoms with Gasteiger partial charge in [-0.2, -0.15) is 0 Å². The summed E-state index contributed by atoms with van der Waals surface area (Å²) in [6.45, 7) is 0. The lowest BCUT2D eigenvalue weighted by Crippen LogP contribution is -2.51. The molecule has 1 aliphatic carbocycles. The van der Waals surface area contributed by atoms with Gasteiger partial charge in [-0.15, -0.1) is 11.3 Å². The van der Waals surface area contributed by atoms with Gasteiger partial charge >= 0.3 is 0 Å². The molecule has 2 nitrogen and oxygen atoms in total. The quantitative estimate of drug-likeness (QED) is 0.730. The van der Waals surface area contributed by atoms with Crippen LogP contribution in [0.1, 0.15) is 17.7 Å². The predicted molar refractivity (Wildman–Crippen MR) is 50.4 cm³/mol. The summed E-state index contributed by atoms with van der Waals surface area (Å²) in [5.74, 6) is 0. The summed E-state index contributed by atoms with van der Waals surface area (Å²) in [6, 6.07) is 1.85. The van der Waals surface area contributed by atoms with Crippen LogP contribution in [0.4, 0.5) is 0 Å². The van der Waals surface area contributed by atoms with Gasteiger partial charge in [-0.3, -0.25) is 0 Å². The summed E-state index contributed by atoms with van der Waals surface area (Å²) in [5.41, 5.74) is 5.67. The van der Waals surface area contributed by atoms with Crippen LogP contribution < -0.4 is 5.73 Å². The van der Waals surface area contributed by atoms with E-state index in [4.69, 9.17) is 22.4 Å². The summed E-state index contributed by atoms with van der Waals surface area (Å²) in [5, 5.41) is 11.8. The SMILES string of the molecule is NC1(c2sccc2Cl)CC(O)C1. The van der Waals surface area contributed by atoms with E-state index in [1.807, 2.05) is 11.4 Å². The first-order chi connectivity index (χ1) is 5.62. The fourth-order valence-corrected chi connectivity index (χ4v) is 3.00. The third kappa shape index (κ3) is 1.17. The van der Waals surface area contributed by atoms with Crippen molar-refractivity contribution in [3.05, 3.63) is 21.3 Å². The van der Waals surface area contributed by atoms with E-state index in [9.17, 15) is 0 Å². The number of aliphatic hydroxyl groups excluding tert-OH is 1. The van der Waals surface area contributed by atoms with Crippen molar-refractivity contribution in [2.75, 3.05) is 0 Å². The molecule has 1 fully saturated rings. The van der Waals surface area contributed by atoms with Gasteiger partial charge in [-0.05, 0) is 24.3 Å². The molecule has 0 saturated heterocycles. The molecule has 0 atom stereocenters. The van der Waals surface area contributed by atoms with Crippen LogP contribution in [0.25, 0.3) is 0 Å². The van der Waals surface area contributed by atoms with Crippen molar-refractivity contribution in [3.8, 4) is 0 Å². The summed E-state index contributed by atoms with van der Waals surface area (Å²) >= 11 is 7.50. The van der Waals surface area contributed by atoms with Crippen LogP contribution in [0.2, 0.25) is 5.02 Å². The van der Waals surface area contributed by atoms with E-state index >= 15 is 0 Å². The van der Waals surface area contributed by atoms with Crippen LogP contribution in [-0.2, 0) is 5.54 Å². The van der Waals surface area contributed by atoms with Gasteiger partial charge in [0.15, 0.2) is 0 Å². The zero-order valence-electron chi connectivity index (χ0n) is 6.46. The van der Waals surface area contributed by atoms with Gasteiger partial charge < -0.3 is 10.8 Å². The Balaban J connectivity index is 2.26. The highest BCUT2D eigenvalue weighted by Crippen LogP contribution is 2.44. The topological polar surface area (TPSA) is 46.2 Å². The summed E-state index contributed by atoms with van der Waals surface area (Å²) in [4.78, 5) is 1.01. The van der Waals surface area contributed by atoms with Gasteiger partial charge in [0.1, 0.15) is 0 Å². The highest BCUT2D eigenvalue weighted by Gasteiger charge is 2.43. The van der Waals surface area contributed by atoms with Crippen LogP contribution >= 0.6 is 22.9 Å². The normalized spacial score (nSPS) is 34.8. The first kappa shape index (κ1) is 8.51. The molecular formula is C8H10ClNOS. The van der Waals surface area contributed by atoms with E-state index in [1.54, 1.807) is 11.3 Å².